The molecule has 2 heterocycles. The molecule has 6 heteroatoms. The molecular weight excluding hydrogens is 454 g/mol. The van der Waals surface area contributed by atoms with Gasteiger partial charge in [-0.3, -0.25) is 9.98 Å². The second-order valence-corrected chi connectivity index (χ2v) is 9.77. The number of pyridine rings is 1. The standard InChI is InChI=1S/C29H28ClN5/c30-22-12-4-6-14-27(22)35-28-15-7-5-13-23(28)34-26-17-24(33-21-11-8-16-31-19-21)25(18-29(26)35)32-20-9-2-1-3-10-20/h4-8,11-17,19-20,29,33H,1-3,9-10,18H2/b32-25+. The van der Waals surface area contributed by atoms with Crippen molar-refractivity contribution in [2.24, 2.45) is 9.98 Å². The minimum Gasteiger partial charge on any atom is -0.353 e. The van der Waals surface area contributed by atoms with Crippen LogP contribution in [0.2, 0.25) is 5.02 Å². The van der Waals surface area contributed by atoms with Gasteiger partial charge in [0.25, 0.3) is 0 Å². The Bertz CT molecular complexity index is 1310. The van der Waals surface area contributed by atoms with E-state index in [2.05, 4.69) is 45.5 Å². The van der Waals surface area contributed by atoms with E-state index in [1.54, 1.807) is 6.20 Å². The van der Waals surface area contributed by atoms with Gasteiger partial charge in [-0.25, -0.2) is 4.99 Å². The van der Waals surface area contributed by atoms with E-state index in [-0.39, 0.29) is 6.04 Å². The van der Waals surface area contributed by atoms with Crippen LogP contribution in [0.3, 0.4) is 0 Å². The largest absolute Gasteiger partial charge is 0.353 e. The van der Waals surface area contributed by atoms with Crippen molar-refractivity contribution in [2.45, 2.75) is 50.6 Å². The molecule has 176 valence electrons. The maximum absolute atomic E-state index is 6.74. The Kier molecular flexibility index (Phi) is 6.09. The molecule has 1 aliphatic heterocycles. The fourth-order valence-electron chi connectivity index (χ4n) is 5.32. The Labute approximate surface area is 211 Å². The number of fused-ring (bicyclic) bond motifs is 2. The van der Waals surface area contributed by atoms with Crippen LogP contribution >= 0.6 is 11.6 Å². The van der Waals surface area contributed by atoms with Gasteiger partial charge in [-0.2, -0.15) is 0 Å². The molecule has 0 spiro atoms. The number of rotatable bonds is 4. The normalized spacial score (nSPS) is 21.1. The first-order valence-corrected chi connectivity index (χ1v) is 12.8. The van der Waals surface area contributed by atoms with Gasteiger partial charge in [0, 0.05) is 12.6 Å². The highest BCUT2D eigenvalue weighted by molar-refractivity contribution is 6.33. The summed E-state index contributed by atoms with van der Waals surface area (Å²) in [4.78, 5) is 17.0. The molecule has 1 unspecified atom stereocenters. The smallest absolute Gasteiger partial charge is 0.0871 e. The third-order valence-electron chi connectivity index (χ3n) is 7.00. The number of allylic oxidation sites excluding steroid dienone is 1. The molecule has 3 aromatic rings. The molecule has 0 amide bonds. The molecule has 1 atom stereocenters. The summed E-state index contributed by atoms with van der Waals surface area (Å²) in [5.41, 5.74) is 7.09. The third-order valence-corrected chi connectivity index (χ3v) is 7.32. The summed E-state index contributed by atoms with van der Waals surface area (Å²) in [6.07, 6.45) is 12.7. The third kappa shape index (κ3) is 4.48. The van der Waals surface area contributed by atoms with Crippen molar-refractivity contribution in [1.29, 1.82) is 0 Å². The lowest BCUT2D eigenvalue weighted by atomic mass is 9.89. The minimum absolute atomic E-state index is 0.0200. The van der Waals surface area contributed by atoms with Crippen molar-refractivity contribution in [3.63, 3.8) is 0 Å². The first kappa shape index (κ1) is 22.1. The number of aliphatic imine (C=N–C) groups is 2. The molecule has 0 radical (unpaired) electrons. The fraction of sp³-hybridized carbons (Fsp3) is 0.276. The molecule has 1 aromatic heterocycles. The van der Waals surface area contributed by atoms with E-state index < -0.39 is 0 Å². The topological polar surface area (TPSA) is 52.9 Å². The molecule has 3 aliphatic rings. The Morgan fingerprint density at radius 3 is 2.51 bits per heavy atom. The Morgan fingerprint density at radius 1 is 0.914 bits per heavy atom. The van der Waals surface area contributed by atoms with E-state index in [9.17, 15) is 0 Å². The second kappa shape index (κ2) is 9.67. The first-order chi connectivity index (χ1) is 17.3. The van der Waals surface area contributed by atoms with Crippen molar-refractivity contribution >= 4 is 45.8 Å². The van der Waals surface area contributed by atoms with E-state index in [0.29, 0.717) is 6.04 Å². The SMILES string of the molecule is Clc1ccccc1N1c2ccccc2N=C2C=C(Nc3cccnc3)/C(=N/C3CCCCC3)CC21. The lowest BCUT2D eigenvalue weighted by Gasteiger charge is -2.40. The summed E-state index contributed by atoms with van der Waals surface area (Å²) in [6.45, 7) is 0. The lowest BCUT2D eigenvalue weighted by Crippen LogP contribution is -2.45. The zero-order valence-electron chi connectivity index (χ0n) is 19.6. The van der Waals surface area contributed by atoms with Crippen molar-refractivity contribution in [3.05, 3.63) is 89.9 Å². The van der Waals surface area contributed by atoms with E-state index in [0.717, 1.165) is 64.2 Å². The molecule has 0 bridgehead atoms. The molecule has 1 fully saturated rings. The van der Waals surface area contributed by atoms with E-state index >= 15 is 0 Å². The van der Waals surface area contributed by atoms with Gasteiger partial charge < -0.3 is 10.2 Å². The van der Waals surface area contributed by atoms with Crippen molar-refractivity contribution in [2.75, 3.05) is 10.2 Å². The van der Waals surface area contributed by atoms with Gasteiger partial charge in [-0.1, -0.05) is 55.1 Å². The molecule has 2 aromatic carbocycles. The highest BCUT2D eigenvalue weighted by atomic mass is 35.5. The Balaban J connectivity index is 1.47. The van der Waals surface area contributed by atoms with Crippen LogP contribution in [0.1, 0.15) is 38.5 Å². The average molecular weight is 482 g/mol. The number of benzene rings is 2. The maximum atomic E-state index is 6.74. The minimum atomic E-state index is 0.0200. The summed E-state index contributed by atoms with van der Waals surface area (Å²) in [7, 11) is 0. The zero-order chi connectivity index (χ0) is 23.6. The highest BCUT2D eigenvalue weighted by Crippen LogP contribution is 2.44. The number of hydrogen-bond donors (Lipinski definition) is 1. The van der Waals surface area contributed by atoms with Crippen molar-refractivity contribution < 1.29 is 0 Å². The van der Waals surface area contributed by atoms with Crippen LogP contribution in [0.5, 0.6) is 0 Å². The number of anilines is 3. The monoisotopic (exact) mass is 481 g/mol. The summed E-state index contributed by atoms with van der Waals surface area (Å²) >= 11 is 6.74. The van der Waals surface area contributed by atoms with Crippen molar-refractivity contribution in [3.8, 4) is 0 Å². The van der Waals surface area contributed by atoms with Crippen LogP contribution in [0, 0.1) is 0 Å². The van der Waals surface area contributed by atoms with E-state index in [1.165, 1.54) is 19.3 Å². The Hall–Kier alpha value is -3.44. The predicted octanol–water partition coefficient (Wildman–Crippen LogP) is 7.50. The summed E-state index contributed by atoms with van der Waals surface area (Å²) < 4.78 is 0. The molecule has 2 aliphatic carbocycles. The van der Waals surface area contributed by atoms with Gasteiger partial charge in [-0.05, 0) is 55.3 Å². The van der Waals surface area contributed by atoms with Gasteiger partial charge in [0.1, 0.15) is 0 Å². The van der Waals surface area contributed by atoms with Crippen LogP contribution in [0.4, 0.5) is 22.7 Å². The van der Waals surface area contributed by atoms with Crippen LogP contribution in [0.15, 0.2) is 94.8 Å². The average Bonchev–Trinajstić information content (AvgIpc) is 2.90. The van der Waals surface area contributed by atoms with Crippen LogP contribution in [-0.2, 0) is 0 Å². The maximum Gasteiger partial charge on any atom is 0.0871 e. The molecule has 1 saturated carbocycles. The molecule has 0 saturated heterocycles. The van der Waals surface area contributed by atoms with Crippen LogP contribution < -0.4 is 10.2 Å². The van der Waals surface area contributed by atoms with E-state index in [4.69, 9.17) is 21.6 Å². The molecule has 35 heavy (non-hydrogen) atoms. The number of halogens is 1. The number of aromatic nitrogens is 1. The molecule has 6 rings (SSSR count). The fourth-order valence-corrected chi connectivity index (χ4v) is 5.55. The van der Waals surface area contributed by atoms with Gasteiger partial charge in [0.15, 0.2) is 0 Å². The molecule has 5 nitrogen and oxygen atoms in total. The number of nitrogens with one attached hydrogen (secondary N) is 1. The number of para-hydroxylation sites is 3. The van der Waals surface area contributed by atoms with Gasteiger partial charge in [0.2, 0.25) is 0 Å². The van der Waals surface area contributed by atoms with Gasteiger partial charge in [0.05, 0.1) is 63.2 Å². The van der Waals surface area contributed by atoms with E-state index in [1.807, 2.05) is 42.6 Å². The van der Waals surface area contributed by atoms with Crippen LogP contribution in [-0.4, -0.2) is 28.5 Å². The van der Waals surface area contributed by atoms with Crippen molar-refractivity contribution in [1.82, 2.24) is 4.98 Å². The second-order valence-electron chi connectivity index (χ2n) is 9.36. The first-order valence-electron chi connectivity index (χ1n) is 12.4. The number of hydrogen-bond acceptors (Lipinski definition) is 5. The molecule has 1 N–H and O–H groups in total. The summed E-state index contributed by atoms with van der Waals surface area (Å²) in [5, 5.41) is 4.32. The Morgan fingerprint density at radius 2 is 1.71 bits per heavy atom. The summed E-state index contributed by atoms with van der Waals surface area (Å²) in [6, 6.07) is 20.7. The molecular formula is C29H28ClN5. The van der Waals surface area contributed by atoms with Gasteiger partial charge in [-0.15, -0.1) is 0 Å². The van der Waals surface area contributed by atoms with Gasteiger partial charge >= 0.3 is 0 Å². The summed E-state index contributed by atoms with van der Waals surface area (Å²) in [5.74, 6) is 0. The number of nitrogens with zero attached hydrogens (tertiary/aromatic N) is 4. The quantitative estimate of drug-likeness (QED) is 0.419. The zero-order valence-corrected chi connectivity index (χ0v) is 20.3. The highest BCUT2D eigenvalue weighted by Gasteiger charge is 2.36. The van der Waals surface area contributed by atoms with Crippen LogP contribution in [0.25, 0.3) is 0 Å². The predicted molar refractivity (Wildman–Crippen MR) is 146 cm³/mol. The lowest BCUT2D eigenvalue weighted by molar-refractivity contribution is 0.443.